The van der Waals surface area contributed by atoms with Gasteiger partial charge in [0.2, 0.25) is 17.7 Å². The van der Waals surface area contributed by atoms with Crippen molar-refractivity contribution < 1.29 is 47.0 Å². The Bertz CT molecular complexity index is 2650. The molecule has 72 heavy (non-hydrogen) atoms. The predicted molar refractivity (Wildman–Crippen MR) is 259 cm³/mol. The lowest BCUT2D eigenvalue weighted by molar-refractivity contribution is -0.136. The minimum Gasteiger partial charge on any atom is -0.382 e. The first kappa shape index (κ1) is 50.3. The summed E-state index contributed by atoms with van der Waals surface area (Å²) in [5, 5.41) is 20.1. The number of piperidine rings is 3. The monoisotopic (exact) mass is 997 g/mol. The molecule has 0 aliphatic carbocycles. The number of nitrogens with zero attached hydrogens (tertiary/aromatic N) is 9. The Hall–Kier alpha value is -6.69. The number of hydrogen-bond donors (Lipinski definition) is 4. The number of anilines is 5. The van der Waals surface area contributed by atoms with Crippen LogP contribution in [0.1, 0.15) is 78.7 Å². The van der Waals surface area contributed by atoms with Crippen LogP contribution in [0.4, 0.5) is 37.6 Å². The number of halogens is 2. The van der Waals surface area contributed by atoms with Crippen LogP contribution in [-0.2, 0) is 41.7 Å². The molecular weight excluding hydrogens is 937 g/mol. The number of aromatic nitrogens is 5. The molecule has 4 fully saturated rings. The summed E-state index contributed by atoms with van der Waals surface area (Å²) >= 11 is 0. The van der Waals surface area contributed by atoms with Crippen molar-refractivity contribution in [2.75, 3.05) is 106 Å². The zero-order valence-corrected chi connectivity index (χ0v) is 40.6. The number of rotatable bonds is 20. The lowest BCUT2D eigenvalue weighted by Crippen LogP contribution is -2.66. The van der Waals surface area contributed by atoms with Gasteiger partial charge in [0.25, 0.3) is 11.8 Å². The van der Waals surface area contributed by atoms with Crippen molar-refractivity contribution in [1.29, 1.82) is 0 Å². The lowest BCUT2D eigenvalue weighted by atomic mass is 9.82. The third-order valence-corrected chi connectivity index (χ3v) is 14.0. The number of likely N-dealkylation sites (tertiary alicyclic amines) is 1. The third kappa shape index (κ3) is 11.8. The van der Waals surface area contributed by atoms with Gasteiger partial charge in [-0.2, -0.15) is 0 Å². The van der Waals surface area contributed by atoms with Crippen LogP contribution in [0.25, 0.3) is 0 Å². The highest BCUT2D eigenvalue weighted by Gasteiger charge is 2.46. The van der Waals surface area contributed by atoms with E-state index in [1.54, 1.807) is 34.0 Å². The number of piperazine rings is 1. The maximum Gasteiger partial charge on any atom is 0.264 e. The highest BCUT2D eigenvalue weighted by molar-refractivity contribution is 6.25. The molecule has 1 atom stereocenters. The highest BCUT2D eigenvalue weighted by atomic mass is 19.1. The average molecular weight is 998 g/mol. The molecular formula is C49H61F2N13O8. The summed E-state index contributed by atoms with van der Waals surface area (Å²) in [5.74, 6) is -1.73. The molecule has 5 aliphatic heterocycles. The lowest BCUT2D eigenvalue weighted by Gasteiger charge is -2.48. The van der Waals surface area contributed by atoms with Gasteiger partial charge in [0.1, 0.15) is 35.6 Å². The number of amides is 5. The van der Waals surface area contributed by atoms with Gasteiger partial charge >= 0.3 is 0 Å². The molecule has 4 saturated heterocycles. The van der Waals surface area contributed by atoms with Crippen molar-refractivity contribution in [2.45, 2.75) is 77.0 Å². The Kier molecular flexibility index (Phi) is 15.3. The first-order valence-electron chi connectivity index (χ1n) is 24.6. The molecule has 4 aromatic rings. The molecule has 5 aliphatic rings. The van der Waals surface area contributed by atoms with Crippen molar-refractivity contribution in [3.05, 3.63) is 77.2 Å². The van der Waals surface area contributed by atoms with E-state index in [4.69, 9.17) is 14.2 Å². The fourth-order valence-corrected chi connectivity index (χ4v) is 9.89. The van der Waals surface area contributed by atoms with E-state index < -0.39 is 46.8 Å². The molecule has 2 aromatic heterocycles. The fourth-order valence-electron chi connectivity index (χ4n) is 9.89. The fraction of sp³-hybridized carbons (Fsp3) is 0.531. The molecule has 2 aromatic carbocycles. The maximum absolute atomic E-state index is 15.7. The molecule has 5 amide bonds. The number of imide groups is 2. The van der Waals surface area contributed by atoms with E-state index in [9.17, 15) is 24.0 Å². The standard InChI is InChI=1S/C49H61F2N13O8/c1-48(2)8-13-60(14-9-48)27-32-24-35(51)38(25-34(32)50)62-29-43(66)57-49(30-62)10-15-61(16-11-49)41-26-39(53-31-54-41)55-40-28-63(59-58-40)17-19-71-21-23-72-22-20-70-18-12-52-36-5-3-4-33-44(36)47(69)64(46(33)68)37-6-7-42(65)56-45(37)67/h3-5,24-26,28,31,37,52H,6-23,27,29-30H2,1-2H3,(H,57,66)(H,53,54,55)(H,56,65,67). The summed E-state index contributed by atoms with van der Waals surface area (Å²) in [5.41, 5.74) is 0.943. The Morgan fingerprint density at radius 3 is 2.32 bits per heavy atom. The molecule has 23 heteroatoms. The Morgan fingerprint density at radius 2 is 1.56 bits per heavy atom. The van der Waals surface area contributed by atoms with E-state index in [-0.39, 0.29) is 47.5 Å². The molecule has 9 rings (SSSR count). The normalized spacial score (nSPS) is 20.0. The van der Waals surface area contributed by atoms with Crippen LogP contribution in [0.2, 0.25) is 0 Å². The number of hydrogen-bond acceptors (Lipinski definition) is 17. The second-order valence-electron chi connectivity index (χ2n) is 19.7. The number of benzene rings is 2. The maximum atomic E-state index is 15.7. The van der Waals surface area contributed by atoms with Crippen LogP contribution in [0.15, 0.2) is 48.9 Å². The number of carbonyl (C=O) groups excluding carboxylic acids is 5. The Morgan fingerprint density at radius 1 is 0.806 bits per heavy atom. The van der Waals surface area contributed by atoms with Crippen LogP contribution < -0.4 is 31.1 Å². The second-order valence-corrected chi connectivity index (χ2v) is 19.7. The van der Waals surface area contributed by atoms with Gasteiger partial charge in [-0.05, 0) is 68.8 Å². The molecule has 1 unspecified atom stereocenters. The number of fused-ring (bicyclic) bond motifs is 1. The first-order chi connectivity index (χ1) is 34.7. The zero-order chi connectivity index (χ0) is 50.4. The molecule has 4 N–H and O–H groups in total. The van der Waals surface area contributed by atoms with Crippen LogP contribution in [0.3, 0.4) is 0 Å². The van der Waals surface area contributed by atoms with Crippen LogP contribution in [0.5, 0.6) is 0 Å². The van der Waals surface area contributed by atoms with Crippen molar-refractivity contribution >= 4 is 58.4 Å². The highest BCUT2D eigenvalue weighted by Crippen LogP contribution is 2.36. The van der Waals surface area contributed by atoms with Crippen LogP contribution >= 0.6 is 0 Å². The smallest absolute Gasteiger partial charge is 0.264 e. The molecule has 0 radical (unpaired) electrons. The topological polar surface area (TPSA) is 231 Å². The molecule has 7 heterocycles. The predicted octanol–water partition coefficient (Wildman–Crippen LogP) is 3.25. The van der Waals surface area contributed by atoms with Gasteiger partial charge in [-0.3, -0.25) is 39.1 Å². The Balaban J connectivity index is 0.648. The quantitative estimate of drug-likeness (QED) is 0.0736. The van der Waals surface area contributed by atoms with Gasteiger partial charge in [-0.25, -0.2) is 23.4 Å². The molecule has 1 spiro atoms. The van der Waals surface area contributed by atoms with E-state index in [1.165, 1.54) is 18.5 Å². The minimum absolute atomic E-state index is 0.0490. The third-order valence-electron chi connectivity index (χ3n) is 14.0. The SMILES string of the molecule is CC1(C)CCN(Cc2cc(F)c(N3CC(=O)NC4(CCN(c5cc(Nc6cn(CCOCCOCCOCCNc7cccc8c7C(=O)N(C7CCC(=O)NC7=O)C8=O)nn6)ncn5)CC4)C3)cc2F)CC1. The summed E-state index contributed by atoms with van der Waals surface area (Å²) in [6.07, 6.45) is 6.53. The molecule has 0 saturated carbocycles. The van der Waals surface area contributed by atoms with Crippen molar-refractivity contribution in [3.63, 3.8) is 0 Å². The largest absolute Gasteiger partial charge is 0.382 e. The number of ether oxygens (including phenoxy) is 3. The van der Waals surface area contributed by atoms with Gasteiger partial charge in [-0.1, -0.05) is 25.1 Å². The second kappa shape index (κ2) is 22.0. The molecule has 384 valence electrons. The first-order valence-corrected chi connectivity index (χ1v) is 24.6. The van der Waals surface area contributed by atoms with Gasteiger partial charge in [0.05, 0.1) is 81.3 Å². The summed E-state index contributed by atoms with van der Waals surface area (Å²) in [7, 11) is 0. The summed E-state index contributed by atoms with van der Waals surface area (Å²) in [4.78, 5) is 79.1. The zero-order valence-electron chi connectivity index (χ0n) is 40.6. The summed E-state index contributed by atoms with van der Waals surface area (Å²) in [6.45, 7) is 10.9. The van der Waals surface area contributed by atoms with E-state index in [2.05, 4.69) is 65.2 Å². The van der Waals surface area contributed by atoms with E-state index in [1.807, 2.05) is 6.07 Å². The van der Waals surface area contributed by atoms with Crippen molar-refractivity contribution in [2.24, 2.45) is 5.41 Å². The number of carbonyl (C=O) groups is 5. The molecule has 0 bridgehead atoms. The van der Waals surface area contributed by atoms with Crippen LogP contribution in [0, 0.1) is 17.0 Å². The van der Waals surface area contributed by atoms with Gasteiger partial charge in [0.15, 0.2) is 5.82 Å². The van der Waals surface area contributed by atoms with Crippen molar-refractivity contribution in [1.82, 2.24) is 45.4 Å². The minimum atomic E-state index is -1.03. The van der Waals surface area contributed by atoms with E-state index >= 15 is 8.78 Å². The van der Waals surface area contributed by atoms with Gasteiger partial charge in [-0.15, -0.1) is 5.10 Å². The van der Waals surface area contributed by atoms with Gasteiger partial charge < -0.3 is 40.0 Å². The van der Waals surface area contributed by atoms with E-state index in [0.29, 0.717) is 120 Å². The average Bonchev–Trinajstić information content (AvgIpc) is 3.91. The molecule has 21 nitrogen and oxygen atoms in total. The summed E-state index contributed by atoms with van der Waals surface area (Å²) in [6, 6.07) is 8.23. The Labute approximate surface area is 415 Å². The van der Waals surface area contributed by atoms with Gasteiger partial charge in [0, 0.05) is 62.5 Å². The van der Waals surface area contributed by atoms with Crippen molar-refractivity contribution in [3.8, 4) is 0 Å². The number of nitrogens with one attached hydrogen (secondary N) is 4. The summed E-state index contributed by atoms with van der Waals surface area (Å²) < 4.78 is 49.8. The van der Waals surface area contributed by atoms with Crippen LogP contribution in [-0.4, -0.2) is 161 Å². The van der Waals surface area contributed by atoms with E-state index in [0.717, 1.165) is 30.8 Å².